The Morgan fingerprint density at radius 1 is 1.09 bits per heavy atom. The monoisotopic (exact) mass is 463 g/mol. The van der Waals surface area contributed by atoms with Crippen LogP contribution in [-0.2, 0) is 6.18 Å². The molecule has 0 spiro atoms. The van der Waals surface area contributed by atoms with E-state index >= 15 is 0 Å². The predicted octanol–water partition coefficient (Wildman–Crippen LogP) is 4.92. The van der Waals surface area contributed by atoms with Crippen molar-refractivity contribution < 1.29 is 22.3 Å². The van der Waals surface area contributed by atoms with E-state index in [2.05, 4.69) is 9.88 Å². The van der Waals surface area contributed by atoms with E-state index in [1.165, 1.54) is 16.7 Å². The molecule has 3 aromatic rings. The lowest BCUT2D eigenvalue weighted by Gasteiger charge is -2.28. The molecule has 33 heavy (non-hydrogen) atoms. The highest BCUT2D eigenvalue weighted by Crippen LogP contribution is 2.33. The van der Waals surface area contributed by atoms with Crippen LogP contribution in [0.15, 0.2) is 47.3 Å². The number of likely N-dealkylation sites (tertiary alicyclic amines) is 1. The summed E-state index contributed by atoms with van der Waals surface area (Å²) >= 11 is 0. The Morgan fingerprint density at radius 2 is 1.79 bits per heavy atom. The molecule has 1 aliphatic heterocycles. The summed E-state index contributed by atoms with van der Waals surface area (Å²) in [5, 5.41) is -0.451. The standard InChI is InChI=1S/C24H25F4N3O2/c1-16-29-21-5-2-4-20(24(26,27)28)22(21)23(32)31(16)18-6-8-19(9-7-18)33-15-3-12-30-13-10-17(25)11-14-30/h2,4-9,17H,3,10-15H2,1H3. The molecule has 1 saturated heterocycles. The van der Waals surface area contributed by atoms with Crippen molar-refractivity contribution in [2.45, 2.75) is 38.5 Å². The summed E-state index contributed by atoms with van der Waals surface area (Å²) in [5.41, 5.74) is -1.34. The number of aromatic nitrogens is 2. The summed E-state index contributed by atoms with van der Waals surface area (Å²) in [5.74, 6) is 0.884. The topological polar surface area (TPSA) is 47.4 Å². The minimum atomic E-state index is -4.66. The van der Waals surface area contributed by atoms with Gasteiger partial charge >= 0.3 is 6.18 Å². The third-order valence-electron chi connectivity index (χ3n) is 5.87. The molecule has 9 heteroatoms. The summed E-state index contributed by atoms with van der Waals surface area (Å²) in [6.45, 7) is 4.43. The Labute approximate surface area is 188 Å². The molecule has 0 amide bonds. The van der Waals surface area contributed by atoms with Gasteiger partial charge in [0.05, 0.1) is 28.8 Å². The SMILES string of the molecule is Cc1nc2cccc(C(F)(F)F)c2c(=O)n1-c1ccc(OCCCN2CCC(F)CC2)cc1. The summed E-state index contributed by atoms with van der Waals surface area (Å²) in [6.07, 6.45) is -3.39. The number of hydrogen-bond acceptors (Lipinski definition) is 4. The summed E-state index contributed by atoms with van der Waals surface area (Å²) < 4.78 is 60.5. The highest BCUT2D eigenvalue weighted by molar-refractivity contribution is 5.82. The van der Waals surface area contributed by atoms with E-state index < -0.39 is 28.9 Å². The quantitative estimate of drug-likeness (QED) is 0.385. The van der Waals surface area contributed by atoms with Gasteiger partial charge in [0.2, 0.25) is 0 Å². The largest absolute Gasteiger partial charge is 0.494 e. The first kappa shape index (κ1) is 23.2. The molecule has 1 aliphatic rings. The lowest BCUT2D eigenvalue weighted by Crippen LogP contribution is -2.35. The number of piperidine rings is 1. The molecule has 2 aromatic carbocycles. The maximum absolute atomic E-state index is 13.5. The summed E-state index contributed by atoms with van der Waals surface area (Å²) in [6, 6.07) is 10.1. The fraction of sp³-hybridized carbons (Fsp3) is 0.417. The molecule has 0 saturated carbocycles. The molecular weight excluding hydrogens is 438 g/mol. The molecule has 1 fully saturated rings. The molecular formula is C24H25F4N3O2. The van der Waals surface area contributed by atoms with E-state index in [1.807, 2.05) is 0 Å². The molecule has 0 N–H and O–H groups in total. The van der Waals surface area contributed by atoms with Crippen LogP contribution in [0.3, 0.4) is 0 Å². The van der Waals surface area contributed by atoms with E-state index in [9.17, 15) is 22.4 Å². The number of nitrogens with zero attached hydrogens (tertiary/aromatic N) is 3. The zero-order valence-corrected chi connectivity index (χ0v) is 18.2. The number of halogens is 4. The van der Waals surface area contributed by atoms with Crippen molar-refractivity contribution in [1.82, 2.24) is 14.5 Å². The van der Waals surface area contributed by atoms with E-state index in [1.54, 1.807) is 31.2 Å². The highest BCUT2D eigenvalue weighted by Gasteiger charge is 2.34. The van der Waals surface area contributed by atoms with Gasteiger partial charge in [-0.05, 0) is 62.6 Å². The Hall–Kier alpha value is -2.94. The van der Waals surface area contributed by atoms with Gasteiger partial charge in [-0.3, -0.25) is 9.36 Å². The van der Waals surface area contributed by atoms with Gasteiger partial charge in [0.15, 0.2) is 0 Å². The van der Waals surface area contributed by atoms with Crippen LogP contribution >= 0.6 is 0 Å². The van der Waals surface area contributed by atoms with Gasteiger partial charge in [0, 0.05) is 19.6 Å². The average molecular weight is 463 g/mol. The third-order valence-corrected chi connectivity index (χ3v) is 5.87. The zero-order valence-electron chi connectivity index (χ0n) is 18.2. The second-order valence-electron chi connectivity index (χ2n) is 8.21. The molecule has 4 rings (SSSR count). The van der Waals surface area contributed by atoms with Crippen molar-refractivity contribution in [2.24, 2.45) is 0 Å². The molecule has 0 radical (unpaired) electrons. The second-order valence-corrected chi connectivity index (χ2v) is 8.21. The number of alkyl halides is 4. The first-order valence-electron chi connectivity index (χ1n) is 10.9. The molecule has 176 valence electrons. The molecule has 0 bridgehead atoms. The Kier molecular flexibility index (Phi) is 6.69. The third kappa shape index (κ3) is 5.19. The Morgan fingerprint density at radius 3 is 2.45 bits per heavy atom. The molecule has 2 heterocycles. The van der Waals surface area contributed by atoms with Crippen molar-refractivity contribution in [1.29, 1.82) is 0 Å². The zero-order chi connectivity index (χ0) is 23.6. The molecule has 0 unspecified atom stereocenters. The molecule has 1 aromatic heterocycles. The lowest BCUT2D eigenvalue weighted by molar-refractivity contribution is -0.136. The van der Waals surface area contributed by atoms with Crippen molar-refractivity contribution in [3.05, 3.63) is 64.2 Å². The van der Waals surface area contributed by atoms with E-state index in [4.69, 9.17) is 4.74 Å². The van der Waals surface area contributed by atoms with Crippen molar-refractivity contribution in [2.75, 3.05) is 26.2 Å². The van der Waals surface area contributed by atoms with Gasteiger partial charge in [-0.15, -0.1) is 0 Å². The fourth-order valence-corrected chi connectivity index (χ4v) is 4.18. The minimum absolute atomic E-state index is 0.0132. The highest BCUT2D eigenvalue weighted by atomic mass is 19.4. The minimum Gasteiger partial charge on any atom is -0.494 e. The van der Waals surface area contributed by atoms with Gasteiger partial charge in [-0.1, -0.05) is 6.07 Å². The van der Waals surface area contributed by atoms with Crippen LogP contribution in [0.1, 0.15) is 30.7 Å². The van der Waals surface area contributed by atoms with Crippen LogP contribution in [0.25, 0.3) is 16.6 Å². The summed E-state index contributed by atoms with van der Waals surface area (Å²) in [4.78, 5) is 19.5. The van der Waals surface area contributed by atoms with Crippen LogP contribution in [0, 0.1) is 6.92 Å². The number of aryl methyl sites for hydroxylation is 1. The van der Waals surface area contributed by atoms with Gasteiger partial charge in [0.1, 0.15) is 17.7 Å². The Balaban J connectivity index is 1.48. The normalized spacial score (nSPS) is 15.8. The van der Waals surface area contributed by atoms with Gasteiger partial charge in [0.25, 0.3) is 5.56 Å². The lowest BCUT2D eigenvalue weighted by atomic mass is 10.1. The van der Waals surface area contributed by atoms with Crippen molar-refractivity contribution in [3.8, 4) is 11.4 Å². The number of ether oxygens (including phenoxy) is 1. The average Bonchev–Trinajstić information content (AvgIpc) is 2.78. The number of hydrogen-bond donors (Lipinski definition) is 0. The number of fused-ring (bicyclic) bond motifs is 1. The maximum Gasteiger partial charge on any atom is 0.417 e. The van der Waals surface area contributed by atoms with Crippen molar-refractivity contribution in [3.63, 3.8) is 0 Å². The number of rotatable bonds is 6. The van der Waals surface area contributed by atoms with Gasteiger partial charge < -0.3 is 9.64 Å². The summed E-state index contributed by atoms with van der Waals surface area (Å²) in [7, 11) is 0. The second kappa shape index (κ2) is 9.51. The van der Waals surface area contributed by atoms with E-state index in [0.29, 0.717) is 30.9 Å². The smallest absolute Gasteiger partial charge is 0.417 e. The first-order valence-corrected chi connectivity index (χ1v) is 10.9. The van der Waals surface area contributed by atoms with Crippen LogP contribution in [-0.4, -0.2) is 46.9 Å². The van der Waals surface area contributed by atoms with Crippen LogP contribution < -0.4 is 10.3 Å². The van der Waals surface area contributed by atoms with Gasteiger partial charge in [-0.2, -0.15) is 13.2 Å². The van der Waals surface area contributed by atoms with Crippen LogP contribution in [0.5, 0.6) is 5.75 Å². The fourth-order valence-electron chi connectivity index (χ4n) is 4.18. The number of benzene rings is 2. The molecule has 0 atom stereocenters. The first-order chi connectivity index (χ1) is 15.7. The molecule has 0 aliphatic carbocycles. The van der Waals surface area contributed by atoms with Crippen LogP contribution in [0.2, 0.25) is 0 Å². The Bertz CT molecular complexity index is 1170. The van der Waals surface area contributed by atoms with E-state index in [0.717, 1.165) is 32.1 Å². The van der Waals surface area contributed by atoms with E-state index in [-0.39, 0.29) is 11.3 Å². The molecule has 5 nitrogen and oxygen atoms in total. The van der Waals surface area contributed by atoms with Gasteiger partial charge in [-0.25, -0.2) is 9.37 Å². The van der Waals surface area contributed by atoms with Crippen LogP contribution in [0.4, 0.5) is 17.6 Å². The maximum atomic E-state index is 13.5. The van der Waals surface area contributed by atoms with Crippen molar-refractivity contribution >= 4 is 10.9 Å². The predicted molar refractivity (Wildman–Crippen MR) is 118 cm³/mol.